The molecule has 1 fully saturated rings. The van der Waals surface area contributed by atoms with E-state index >= 15 is 0 Å². The molecule has 4 heteroatoms. The quantitative estimate of drug-likeness (QED) is 0.713. The number of hydrogen-bond donors (Lipinski definition) is 2. The van der Waals surface area contributed by atoms with Crippen molar-refractivity contribution in [1.82, 2.24) is 5.32 Å². The van der Waals surface area contributed by atoms with Crippen LogP contribution in [0.4, 0.5) is 0 Å². The molecular weight excluding hydrogens is 182 g/mol. The second kappa shape index (κ2) is 3.59. The van der Waals surface area contributed by atoms with Crippen LogP contribution in [0, 0.1) is 11.3 Å². The summed E-state index contributed by atoms with van der Waals surface area (Å²) >= 11 is 0. The molecule has 1 rings (SSSR count). The number of carboxylic acid groups (broad SMARTS) is 1. The van der Waals surface area contributed by atoms with Gasteiger partial charge in [-0.3, -0.25) is 4.79 Å². The number of amides is 1. The van der Waals surface area contributed by atoms with E-state index in [1.54, 1.807) is 20.8 Å². The van der Waals surface area contributed by atoms with Gasteiger partial charge in [-0.05, 0) is 18.3 Å². The minimum atomic E-state index is -0.966. The van der Waals surface area contributed by atoms with Gasteiger partial charge in [0.05, 0.1) is 0 Å². The fourth-order valence-corrected chi connectivity index (χ4v) is 1.25. The van der Waals surface area contributed by atoms with E-state index in [2.05, 4.69) is 5.32 Å². The van der Waals surface area contributed by atoms with Crippen LogP contribution in [-0.4, -0.2) is 23.0 Å². The van der Waals surface area contributed by atoms with Gasteiger partial charge in [-0.15, -0.1) is 0 Å². The van der Waals surface area contributed by atoms with E-state index in [-0.39, 0.29) is 11.8 Å². The largest absolute Gasteiger partial charge is 0.480 e. The van der Waals surface area contributed by atoms with Crippen molar-refractivity contribution in [3.05, 3.63) is 0 Å². The Balaban J connectivity index is 2.59. The SMILES string of the molecule is CC(C)(C)[C@@H](NC(=O)C1CC1)C(=O)O. The van der Waals surface area contributed by atoms with Crippen LogP contribution >= 0.6 is 0 Å². The lowest BCUT2D eigenvalue weighted by atomic mass is 9.86. The Morgan fingerprint density at radius 2 is 1.86 bits per heavy atom. The van der Waals surface area contributed by atoms with Crippen molar-refractivity contribution in [2.24, 2.45) is 11.3 Å². The van der Waals surface area contributed by atoms with Crippen LogP contribution in [0.5, 0.6) is 0 Å². The molecule has 0 radical (unpaired) electrons. The fourth-order valence-electron chi connectivity index (χ4n) is 1.25. The third-order valence-electron chi connectivity index (χ3n) is 2.35. The molecule has 0 unspecified atom stereocenters. The first kappa shape index (κ1) is 11.0. The predicted molar refractivity (Wildman–Crippen MR) is 51.7 cm³/mol. The molecule has 0 aliphatic heterocycles. The van der Waals surface area contributed by atoms with Crippen LogP contribution in [0.2, 0.25) is 0 Å². The Bertz CT molecular complexity index is 251. The lowest BCUT2D eigenvalue weighted by Gasteiger charge is -2.27. The molecule has 2 N–H and O–H groups in total. The van der Waals surface area contributed by atoms with Crippen molar-refractivity contribution in [3.8, 4) is 0 Å². The van der Waals surface area contributed by atoms with Crippen molar-refractivity contribution in [2.45, 2.75) is 39.7 Å². The van der Waals surface area contributed by atoms with Crippen LogP contribution in [0.25, 0.3) is 0 Å². The zero-order valence-electron chi connectivity index (χ0n) is 8.83. The van der Waals surface area contributed by atoms with Gasteiger partial charge >= 0.3 is 5.97 Å². The van der Waals surface area contributed by atoms with E-state index in [9.17, 15) is 9.59 Å². The average Bonchev–Trinajstić information content (AvgIpc) is 2.78. The highest BCUT2D eigenvalue weighted by molar-refractivity contribution is 5.86. The Hall–Kier alpha value is -1.06. The van der Waals surface area contributed by atoms with Gasteiger partial charge < -0.3 is 10.4 Å². The van der Waals surface area contributed by atoms with Gasteiger partial charge in [0, 0.05) is 5.92 Å². The summed E-state index contributed by atoms with van der Waals surface area (Å²) in [6.07, 6.45) is 1.78. The molecular formula is C10H17NO3. The summed E-state index contributed by atoms with van der Waals surface area (Å²) < 4.78 is 0. The Morgan fingerprint density at radius 1 is 1.36 bits per heavy atom. The van der Waals surface area contributed by atoms with Crippen LogP contribution in [0.3, 0.4) is 0 Å². The second-order valence-corrected chi connectivity index (χ2v) is 4.92. The van der Waals surface area contributed by atoms with Gasteiger partial charge in [0.15, 0.2) is 0 Å². The molecule has 0 heterocycles. The molecule has 0 spiro atoms. The molecule has 1 aliphatic rings. The normalized spacial score (nSPS) is 18.8. The molecule has 1 saturated carbocycles. The number of hydrogen-bond acceptors (Lipinski definition) is 2. The molecule has 0 aromatic heterocycles. The van der Waals surface area contributed by atoms with E-state index in [1.807, 2.05) is 0 Å². The van der Waals surface area contributed by atoms with E-state index in [0.29, 0.717) is 0 Å². The predicted octanol–water partition coefficient (Wildman–Crippen LogP) is 1.01. The smallest absolute Gasteiger partial charge is 0.326 e. The Kier molecular flexibility index (Phi) is 2.83. The maximum absolute atomic E-state index is 11.4. The van der Waals surface area contributed by atoms with Gasteiger partial charge in [-0.1, -0.05) is 20.8 Å². The Labute approximate surface area is 83.7 Å². The fraction of sp³-hybridized carbons (Fsp3) is 0.800. The summed E-state index contributed by atoms with van der Waals surface area (Å²) in [5.41, 5.74) is -0.448. The standard InChI is InChI=1S/C10H17NO3/c1-10(2,3)7(9(13)14)11-8(12)6-4-5-6/h6-7H,4-5H2,1-3H3,(H,11,12)(H,13,14)/t7-/m0/s1. The van der Waals surface area contributed by atoms with E-state index in [0.717, 1.165) is 12.8 Å². The number of rotatable bonds is 3. The van der Waals surface area contributed by atoms with Crippen LogP contribution in [0.15, 0.2) is 0 Å². The molecule has 1 aliphatic carbocycles. The first-order valence-corrected chi connectivity index (χ1v) is 4.85. The zero-order chi connectivity index (χ0) is 10.9. The number of nitrogens with one attached hydrogen (secondary N) is 1. The second-order valence-electron chi connectivity index (χ2n) is 4.92. The van der Waals surface area contributed by atoms with E-state index in [1.165, 1.54) is 0 Å². The molecule has 0 aromatic carbocycles. The number of carbonyl (C=O) groups excluding carboxylic acids is 1. The maximum Gasteiger partial charge on any atom is 0.326 e. The highest BCUT2D eigenvalue weighted by atomic mass is 16.4. The van der Waals surface area contributed by atoms with Crippen LogP contribution in [0.1, 0.15) is 33.6 Å². The average molecular weight is 199 g/mol. The van der Waals surface area contributed by atoms with E-state index in [4.69, 9.17) is 5.11 Å². The Morgan fingerprint density at radius 3 is 2.14 bits per heavy atom. The van der Waals surface area contributed by atoms with Crippen molar-refractivity contribution in [2.75, 3.05) is 0 Å². The van der Waals surface area contributed by atoms with Crippen molar-refractivity contribution >= 4 is 11.9 Å². The van der Waals surface area contributed by atoms with E-state index < -0.39 is 17.4 Å². The van der Waals surface area contributed by atoms with Crippen molar-refractivity contribution in [1.29, 1.82) is 0 Å². The first-order chi connectivity index (χ1) is 6.32. The molecule has 0 aromatic rings. The minimum absolute atomic E-state index is 0.0548. The summed E-state index contributed by atoms with van der Waals surface area (Å²) in [7, 11) is 0. The van der Waals surface area contributed by atoms with Crippen molar-refractivity contribution < 1.29 is 14.7 Å². The topological polar surface area (TPSA) is 66.4 Å². The lowest BCUT2D eigenvalue weighted by molar-refractivity contribution is -0.145. The van der Waals surface area contributed by atoms with Crippen LogP contribution < -0.4 is 5.32 Å². The molecule has 0 saturated heterocycles. The van der Waals surface area contributed by atoms with Gasteiger partial charge in [0.1, 0.15) is 6.04 Å². The summed E-state index contributed by atoms with van der Waals surface area (Å²) in [4.78, 5) is 22.3. The molecule has 4 nitrogen and oxygen atoms in total. The third-order valence-corrected chi connectivity index (χ3v) is 2.35. The summed E-state index contributed by atoms with van der Waals surface area (Å²) in [6, 6.07) is -0.796. The number of aliphatic carboxylic acids is 1. The maximum atomic E-state index is 11.4. The highest BCUT2D eigenvalue weighted by Crippen LogP contribution is 2.30. The minimum Gasteiger partial charge on any atom is -0.480 e. The summed E-state index contributed by atoms with van der Waals surface area (Å²) in [5.74, 6) is -1.03. The molecule has 14 heavy (non-hydrogen) atoms. The molecule has 1 amide bonds. The van der Waals surface area contributed by atoms with Crippen LogP contribution in [-0.2, 0) is 9.59 Å². The zero-order valence-corrected chi connectivity index (χ0v) is 8.83. The lowest BCUT2D eigenvalue weighted by Crippen LogP contribution is -2.49. The molecule has 80 valence electrons. The summed E-state index contributed by atoms with van der Waals surface area (Å²) in [6.45, 7) is 5.41. The van der Waals surface area contributed by atoms with Gasteiger partial charge in [-0.25, -0.2) is 4.79 Å². The van der Waals surface area contributed by atoms with Gasteiger partial charge in [0.2, 0.25) is 5.91 Å². The third kappa shape index (κ3) is 2.72. The highest BCUT2D eigenvalue weighted by Gasteiger charge is 2.37. The summed E-state index contributed by atoms with van der Waals surface area (Å²) in [5, 5.41) is 11.5. The first-order valence-electron chi connectivity index (χ1n) is 4.85. The molecule has 0 bridgehead atoms. The van der Waals surface area contributed by atoms with Crippen molar-refractivity contribution in [3.63, 3.8) is 0 Å². The van der Waals surface area contributed by atoms with Gasteiger partial charge in [0.25, 0.3) is 0 Å². The number of carboxylic acids is 1. The monoisotopic (exact) mass is 199 g/mol. The van der Waals surface area contributed by atoms with Gasteiger partial charge in [-0.2, -0.15) is 0 Å². The molecule has 1 atom stereocenters. The number of carbonyl (C=O) groups is 2.